The highest BCUT2D eigenvalue weighted by Gasteiger charge is 2.22. The highest BCUT2D eigenvalue weighted by molar-refractivity contribution is 9.08. The lowest BCUT2D eigenvalue weighted by Crippen LogP contribution is -2.10. The Morgan fingerprint density at radius 1 is 0.655 bits per heavy atom. The lowest BCUT2D eigenvalue weighted by atomic mass is 9.91. The first kappa shape index (κ1) is 19.0. The van der Waals surface area contributed by atoms with E-state index in [0.717, 1.165) is 28.6 Å². The molecule has 0 aliphatic carbocycles. The van der Waals surface area contributed by atoms with Crippen LogP contribution in [-0.2, 0) is 17.1 Å². The SMILES string of the molecule is BrCc1cc2ccccc2c2c1OCCOc1c(CBr)cc3ccccc3c1C2. The largest absolute Gasteiger partial charge is 0.489 e. The van der Waals surface area contributed by atoms with Gasteiger partial charge in [0.15, 0.2) is 0 Å². The molecular weight excluding hydrogens is 492 g/mol. The minimum Gasteiger partial charge on any atom is -0.489 e. The van der Waals surface area contributed by atoms with Crippen molar-refractivity contribution in [3.05, 3.63) is 82.9 Å². The van der Waals surface area contributed by atoms with Gasteiger partial charge in [-0.1, -0.05) is 80.4 Å². The van der Waals surface area contributed by atoms with Crippen LogP contribution in [0.25, 0.3) is 21.5 Å². The topological polar surface area (TPSA) is 18.5 Å². The molecule has 0 aromatic heterocycles. The maximum atomic E-state index is 6.29. The molecule has 2 nitrogen and oxygen atoms in total. The van der Waals surface area contributed by atoms with Crippen LogP contribution in [0.5, 0.6) is 11.5 Å². The zero-order valence-electron chi connectivity index (χ0n) is 15.9. The second-order valence-electron chi connectivity index (χ2n) is 7.27. The van der Waals surface area contributed by atoms with Gasteiger partial charge in [0.2, 0.25) is 0 Å². The Labute approximate surface area is 187 Å². The fourth-order valence-corrected chi connectivity index (χ4v) is 5.14. The van der Waals surface area contributed by atoms with Gasteiger partial charge in [0.25, 0.3) is 0 Å². The summed E-state index contributed by atoms with van der Waals surface area (Å²) in [5, 5.41) is 6.49. The second kappa shape index (κ2) is 8.00. The van der Waals surface area contributed by atoms with Crippen molar-refractivity contribution in [1.29, 1.82) is 0 Å². The van der Waals surface area contributed by atoms with E-state index in [0.29, 0.717) is 13.2 Å². The second-order valence-corrected chi connectivity index (χ2v) is 8.39. The molecular formula is C25H20Br2O2. The van der Waals surface area contributed by atoms with E-state index in [1.165, 1.54) is 43.8 Å². The molecule has 0 spiro atoms. The Morgan fingerprint density at radius 2 is 1.10 bits per heavy atom. The van der Waals surface area contributed by atoms with Gasteiger partial charge in [-0.2, -0.15) is 0 Å². The lowest BCUT2D eigenvalue weighted by Gasteiger charge is -2.18. The fraction of sp³-hybridized carbons (Fsp3) is 0.200. The zero-order chi connectivity index (χ0) is 19.8. The number of alkyl halides is 2. The predicted octanol–water partition coefficient (Wildman–Crippen LogP) is 7.14. The van der Waals surface area contributed by atoms with Crippen LogP contribution < -0.4 is 9.47 Å². The molecule has 146 valence electrons. The van der Waals surface area contributed by atoms with Crippen LogP contribution in [0.2, 0.25) is 0 Å². The molecule has 29 heavy (non-hydrogen) atoms. The number of fused-ring (bicyclic) bond motifs is 6. The van der Waals surface area contributed by atoms with Gasteiger partial charge in [-0.15, -0.1) is 0 Å². The van der Waals surface area contributed by atoms with Crippen molar-refractivity contribution in [2.45, 2.75) is 17.1 Å². The van der Waals surface area contributed by atoms with Crippen LogP contribution >= 0.6 is 31.9 Å². The zero-order valence-corrected chi connectivity index (χ0v) is 19.1. The first-order valence-electron chi connectivity index (χ1n) is 9.74. The molecule has 0 saturated heterocycles. The third-order valence-electron chi connectivity index (χ3n) is 5.58. The van der Waals surface area contributed by atoms with Gasteiger partial charge in [0, 0.05) is 39.3 Å². The van der Waals surface area contributed by atoms with Gasteiger partial charge < -0.3 is 9.47 Å². The molecule has 4 aromatic rings. The minimum absolute atomic E-state index is 0.527. The Balaban J connectivity index is 1.85. The van der Waals surface area contributed by atoms with Crippen LogP contribution in [0.3, 0.4) is 0 Å². The first-order valence-corrected chi connectivity index (χ1v) is 12.0. The quantitative estimate of drug-likeness (QED) is 0.266. The summed E-state index contributed by atoms with van der Waals surface area (Å²) in [4.78, 5) is 0. The molecule has 0 amide bonds. The standard InChI is InChI=1S/C25H20Br2O2/c26-14-18-11-16-5-1-3-7-20(16)22-13-23-21-8-4-2-6-17(21)12-19(15-27)25(23)29-10-9-28-24(18)22/h1-8,11-12H,9-10,13-15H2. The Morgan fingerprint density at radius 3 is 1.55 bits per heavy atom. The van der Waals surface area contributed by atoms with E-state index >= 15 is 0 Å². The highest BCUT2D eigenvalue weighted by Crippen LogP contribution is 2.41. The third kappa shape index (κ3) is 3.32. The smallest absolute Gasteiger partial charge is 0.127 e. The van der Waals surface area contributed by atoms with Crippen LogP contribution in [0.1, 0.15) is 22.3 Å². The van der Waals surface area contributed by atoms with Crippen molar-refractivity contribution in [1.82, 2.24) is 0 Å². The van der Waals surface area contributed by atoms with E-state index in [1.54, 1.807) is 0 Å². The highest BCUT2D eigenvalue weighted by atomic mass is 79.9. The molecule has 4 aromatic carbocycles. The van der Waals surface area contributed by atoms with Gasteiger partial charge >= 0.3 is 0 Å². The summed E-state index contributed by atoms with van der Waals surface area (Å²) >= 11 is 7.33. The van der Waals surface area contributed by atoms with Crippen molar-refractivity contribution in [3.63, 3.8) is 0 Å². The summed E-state index contributed by atoms with van der Waals surface area (Å²) in [5.41, 5.74) is 4.84. The van der Waals surface area contributed by atoms with Crippen LogP contribution in [-0.4, -0.2) is 13.2 Å². The van der Waals surface area contributed by atoms with E-state index in [4.69, 9.17) is 9.47 Å². The summed E-state index contributed by atoms with van der Waals surface area (Å²) in [5.74, 6) is 1.98. The molecule has 0 saturated carbocycles. The Kier molecular flexibility index (Phi) is 5.23. The van der Waals surface area contributed by atoms with Crippen molar-refractivity contribution < 1.29 is 9.47 Å². The van der Waals surface area contributed by atoms with Crippen LogP contribution in [0, 0.1) is 0 Å². The molecule has 5 rings (SSSR count). The predicted molar refractivity (Wildman–Crippen MR) is 127 cm³/mol. The summed E-state index contributed by atoms with van der Waals surface area (Å²) in [6.07, 6.45) is 0.771. The van der Waals surface area contributed by atoms with Crippen LogP contribution in [0.4, 0.5) is 0 Å². The molecule has 0 fully saturated rings. The molecule has 0 N–H and O–H groups in total. The number of ether oxygens (including phenoxy) is 2. The van der Waals surface area contributed by atoms with Gasteiger partial charge in [0.05, 0.1) is 0 Å². The van der Waals surface area contributed by atoms with Gasteiger partial charge in [0.1, 0.15) is 24.7 Å². The maximum absolute atomic E-state index is 6.29. The van der Waals surface area contributed by atoms with Crippen molar-refractivity contribution in [2.75, 3.05) is 13.2 Å². The molecule has 0 atom stereocenters. The number of hydrogen-bond donors (Lipinski definition) is 0. The molecule has 1 aliphatic heterocycles. The maximum Gasteiger partial charge on any atom is 0.127 e. The Hall–Kier alpha value is -2.04. The summed E-state index contributed by atoms with van der Waals surface area (Å²) < 4.78 is 12.6. The van der Waals surface area contributed by atoms with E-state index in [9.17, 15) is 0 Å². The summed E-state index contributed by atoms with van der Waals surface area (Å²) in [6, 6.07) is 21.6. The van der Waals surface area contributed by atoms with E-state index in [1.807, 2.05) is 0 Å². The Bertz CT molecular complexity index is 1120. The monoisotopic (exact) mass is 510 g/mol. The third-order valence-corrected chi connectivity index (χ3v) is 6.79. The van der Waals surface area contributed by atoms with Gasteiger partial charge in [-0.05, 0) is 33.7 Å². The van der Waals surface area contributed by atoms with Crippen molar-refractivity contribution in [3.8, 4) is 11.5 Å². The molecule has 0 radical (unpaired) electrons. The number of rotatable bonds is 2. The average Bonchev–Trinajstić information content (AvgIpc) is 2.87. The van der Waals surface area contributed by atoms with Crippen molar-refractivity contribution in [2.24, 2.45) is 0 Å². The van der Waals surface area contributed by atoms with Gasteiger partial charge in [-0.25, -0.2) is 0 Å². The van der Waals surface area contributed by atoms with E-state index in [-0.39, 0.29) is 0 Å². The fourth-order valence-electron chi connectivity index (χ4n) is 4.31. The normalized spacial score (nSPS) is 13.6. The van der Waals surface area contributed by atoms with Crippen molar-refractivity contribution >= 4 is 53.4 Å². The number of halogens is 2. The first-order chi connectivity index (χ1) is 14.3. The molecule has 4 heteroatoms. The van der Waals surface area contributed by atoms with Crippen LogP contribution in [0.15, 0.2) is 60.7 Å². The molecule has 0 bridgehead atoms. The average molecular weight is 512 g/mol. The van der Waals surface area contributed by atoms with Gasteiger partial charge in [-0.3, -0.25) is 0 Å². The molecule has 0 unspecified atom stereocenters. The number of benzene rings is 4. The number of hydrogen-bond acceptors (Lipinski definition) is 2. The summed E-state index contributed by atoms with van der Waals surface area (Å²) in [7, 11) is 0. The minimum atomic E-state index is 0.527. The molecule has 1 aliphatic rings. The lowest BCUT2D eigenvalue weighted by molar-refractivity contribution is 0.216. The molecule has 1 heterocycles. The van der Waals surface area contributed by atoms with E-state index in [2.05, 4.69) is 92.5 Å². The summed E-state index contributed by atoms with van der Waals surface area (Å²) in [6.45, 7) is 1.05. The van der Waals surface area contributed by atoms with E-state index < -0.39 is 0 Å².